The number of para-hydroxylation sites is 2. The van der Waals surface area contributed by atoms with Gasteiger partial charge < -0.3 is 9.80 Å². The van der Waals surface area contributed by atoms with E-state index in [4.69, 9.17) is 0 Å². The smallest absolute Gasteiger partial charge is 0.0533 e. The molecule has 1 heterocycles. The van der Waals surface area contributed by atoms with Gasteiger partial charge in [-0.3, -0.25) is 0 Å². The monoisotopic (exact) mass is 756 g/mol. The Hall–Kier alpha value is -7.42. The fourth-order valence-electron chi connectivity index (χ4n) is 8.93. The van der Waals surface area contributed by atoms with Crippen LogP contribution in [0.15, 0.2) is 231 Å². The van der Waals surface area contributed by atoms with Crippen LogP contribution in [0.25, 0.3) is 50.1 Å². The Bertz CT molecular complexity index is 2840. The summed E-state index contributed by atoms with van der Waals surface area (Å²) < 4.78 is 0. The van der Waals surface area contributed by atoms with Crippen LogP contribution in [0.5, 0.6) is 0 Å². The molecule has 1 aliphatic heterocycles. The lowest BCUT2D eigenvalue weighted by molar-refractivity contribution is 0.660. The molecule has 0 fully saturated rings. The summed E-state index contributed by atoms with van der Waals surface area (Å²) in [7, 11) is 0. The van der Waals surface area contributed by atoms with E-state index in [0.29, 0.717) is 0 Å². The molecule has 0 saturated carbocycles. The molecule has 0 spiro atoms. The largest absolute Gasteiger partial charge is 0.316 e. The number of hydrogen-bond donors (Lipinski definition) is 0. The second kappa shape index (κ2) is 14.8. The minimum absolute atomic E-state index is 0.0266. The molecule has 0 saturated heterocycles. The van der Waals surface area contributed by atoms with Crippen LogP contribution < -0.4 is 9.80 Å². The van der Waals surface area contributed by atoms with Crippen molar-refractivity contribution in [2.75, 3.05) is 9.80 Å². The first-order valence-corrected chi connectivity index (χ1v) is 20.4. The van der Waals surface area contributed by atoms with E-state index in [1.165, 1.54) is 44.5 Å². The van der Waals surface area contributed by atoms with Gasteiger partial charge in [-0.1, -0.05) is 166 Å². The molecule has 10 rings (SSSR count). The Kier molecular flexibility index (Phi) is 9.03. The molecule has 8 aromatic rings. The lowest BCUT2D eigenvalue weighted by atomic mass is 9.82. The zero-order valence-electron chi connectivity index (χ0n) is 33.4. The third-order valence-corrected chi connectivity index (χ3v) is 12.0. The maximum atomic E-state index is 4.68. The molecule has 0 N–H and O–H groups in total. The number of benzene rings is 8. The van der Waals surface area contributed by atoms with Gasteiger partial charge in [-0.05, 0) is 128 Å². The summed E-state index contributed by atoms with van der Waals surface area (Å²) in [6, 6.07) is 72.2. The SMILES string of the molecule is C=C1/C=C(N(c2ccc(-c3ccc4c(c3)-c3ccccc3C4(C)C)cc2)c2cc(-c3ccccc3)cc(-c3ccccc3)c2)\C=C/N(c2ccccc2)c2ccccc21. The van der Waals surface area contributed by atoms with Gasteiger partial charge in [0.2, 0.25) is 0 Å². The first-order valence-electron chi connectivity index (χ1n) is 20.4. The average molecular weight is 757 g/mol. The van der Waals surface area contributed by atoms with Gasteiger partial charge in [-0.15, -0.1) is 0 Å². The van der Waals surface area contributed by atoms with E-state index >= 15 is 0 Å². The summed E-state index contributed by atoms with van der Waals surface area (Å²) in [6.45, 7) is 9.35. The summed E-state index contributed by atoms with van der Waals surface area (Å²) in [5.41, 5.74) is 19.7. The van der Waals surface area contributed by atoms with Crippen molar-refractivity contribution in [1.29, 1.82) is 0 Å². The van der Waals surface area contributed by atoms with Crippen molar-refractivity contribution in [3.05, 3.63) is 248 Å². The molecular formula is C57H44N2. The molecule has 0 amide bonds. The fraction of sp³-hybridized carbons (Fsp3) is 0.0526. The van der Waals surface area contributed by atoms with Crippen molar-refractivity contribution in [2.24, 2.45) is 0 Å². The second-order valence-electron chi connectivity index (χ2n) is 15.9. The van der Waals surface area contributed by atoms with Gasteiger partial charge >= 0.3 is 0 Å². The zero-order chi connectivity index (χ0) is 39.9. The molecule has 0 radical (unpaired) electrons. The standard InChI is InChI=1S/C57H44N2/c1-40-35-49(33-34-58(47-21-11-6-12-22-47)56-26-16-14-23-51(40)56)59(50-37-45(41-17-7-4-8-18-41)36-46(38-50)42-19-9-5-10-20-42)48-30-27-43(28-31-48)44-29-32-55-53(39-44)52-24-13-15-25-54(52)57(55,2)3/h4-39H,1H2,2-3H3/b34-33-,49-35+. The maximum absolute atomic E-state index is 4.68. The summed E-state index contributed by atoms with van der Waals surface area (Å²) in [5.74, 6) is 0. The highest BCUT2D eigenvalue weighted by Gasteiger charge is 2.35. The Morgan fingerprint density at radius 2 is 0.983 bits per heavy atom. The third kappa shape index (κ3) is 6.59. The Labute approximate surface area is 348 Å². The molecule has 0 atom stereocenters. The van der Waals surface area contributed by atoms with E-state index in [1.807, 2.05) is 0 Å². The van der Waals surface area contributed by atoms with Crippen LogP contribution in [-0.4, -0.2) is 0 Å². The molecule has 8 aromatic carbocycles. The number of rotatable bonds is 7. The van der Waals surface area contributed by atoms with Crippen LogP contribution in [0.4, 0.5) is 22.7 Å². The molecule has 59 heavy (non-hydrogen) atoms. The van der Waals surface area contributed by atoms with E-state index in [2.05, 4.69) is 249 Å². The summed E-state index contributed by atoms with van der Waals surface area (Å²) >= 11 is 0. The van der Waals surface area contributed by atoms with Gasteiger partial charge in [0, 0.05) is 39.9 Å². The van der Waals surface area contributed by atoms with Crippen molar-refractivity contribution in [3.8, 4) is 44.5 Å². The van der Waals surface area contributed by atoms with Gasteiger partial charge in [0.25, 0.3) is 0 Å². The lowest BCUT2D eigenvalue weighted by Gasteiger charge is -2.31. The minimum Gasteiger partial charge on any atom is -0.316 e. The third-order valence-electron chi connectivity index (χ3n) is 12.0. The minimum atomic E-state index is -0.0266. The highest BCUT2D eigenvalue weighted by atomic mass is 15.2. The van der Waals surface area contributed by atoms with Crippen LogP contribution >= 0.6 is 0 Å². The van der Waals surface area contributed by atoms with E-state index in [9.17, 15) is 0 Å². The summed E-state index contributed by atoms with van der Waals surface area (Å²) in [4.78, 5) is 4.64. The normalized spacial score (nSPS) is 15.2. The van der Waals surface area contributed by atoms with Gasteiger partial charge in [0.05, 0.1) is 5.69 Å². The summed E-state index contributed by atoms with van der Waals surface area (Å²) in [6.07, 6.45) is 6.64. The molecule has 282 valence electrons. The number of hydrogen-bond acceptors (Lipinski definition) is 2. The molecule has 0 aromatic heterocycles. The molecule has 1 aliphatic carbocycles. The highest BCUT2D eigenvalue weighted by molar-refractivity contribution is 5.90. The topological polar surface area (TPSA) is 6.48 Å². The number of fused-ring (bicyclic) bond motifs is 4. The van der Waals surface area contributed by atoms with Gasteiger partial charge in [0.1, 0.15) is 0 Å². The quantitative estimate of drug-likeness (QED) is 0.160. The first kappa shape index (κ1) is 36.0. The Morgan fingerprint density at radius 1 is 0.441 bits per heavy atom. The van der Waals surface area contributed by atoms with Gasteiger partial charge in [-0.2, -0.15) is 0 Å². The van der Waals surface area contributed by atoms with Crippen LogP contribution in [0.1, 0.15) is 30.5 Å². The predicted octanol–water partition coefficient (Wildman–Crippen LogP) is 15.4. The highest BCUT2D eigenvalue weighted by Crippen LogP contribution is 2.50. The molecule has 2 heteroatoms. The van der Waals surface area contributed by atoms with E-state index in [0.717, 1.165) is 50.7 Å². The molecular weight excluding hydrogens is 713 g/mol. The predicted molar refractivity (Wildman–Crippen MR) is 250 cm³/mol. The van der Waals surface area contributed by atoms with Crippen LogP contribution in [0, 0.1) is 0 Å². The van der Waals surface area contributed by atoms with Crippen molar-refractivity contribution >= 4 is 28.3 Å². The Morgan fingerprint density at radius 3 is 1.66 bits per heavy atom. The van der Waals surface area contributed by atoms with Crippen molar-refractivity contribution < 1.29 is 0 Å². The van der Waals surface area contributed by atoms with Crippen LogP contribution in [0.3, 0.4) is 0 Å². The van der Waals surface area contributed by atoms with Crippen molar-refractivity contribution in [2.45, 2.75) is 19.3 Å². The van der Waals surface area contributed by atoms with Gasteiger partial charge in [-0.25, -0.2) is 0 Å². The van der Waals surface area contributed by atoms with E-state index < -0.39 is 0 Å². The molecule has 2 aliphatic rings. The number of allylic oxidation sites excluding steroid dienone is 3. The average Bonchev–Trinajstić information content (AvgIpc) is 3.52. The number of anilines is 4. The van der Waals surface area contributed by atoms with E-state index in [-0.39, 0.29) is 5.41 Å². The maximum Gasteiger partial charge on any atom is 0.0533 e. The Balaban J connectivity index is 1.14. The van der Waals surface area contributed by atoms with Crippen molar-refractivity contribution in [1.82, 2.24) is 0 Å². The van der Waals surface area contributed by atoms with Gasteiger partial charge in [0.15, 0.2) is 0 Å². The van der Waals surface area contributed by atoms with Crippen LogP contribution in [0.2, 0.25) is 0 Å². The first-order chi connectivity index (χ1) is 28.9. The number of nitrogens with zero attached hydrogens (tertiary/aromatic N) is 2. The second-order valence-corrected chi connectivity index (χ2v) is 15.9. The lowest BCUT2D eigenvalue weighted by Crippen LogP contribution is -2.18. The summed E-state index contributed by atoms with van der Waals surface area (Å²) in [5, 5.41) is 0. The zero-order valence-corrected chi connectivity index (χ0v) is 33.4. The van der Waals surface area contributed by atoms with Crippen molar-refractivity contribution in [3.63, 3.8) is 0 Å². The molecule has 0 unspecified atom stereocenters. The van der Waals surface area contributed by atoms with Crippen LogP contribution in [-0.2, 0) is 5.41 Å². The molecule has 2 nitrogen and oxygen atoms in total. The fourth-order valence-corrected chi connectivity index (χ4v) is 8.93. The molecule has 0 bridgehead atoms. The van der Waals surface area contributed by atoms with E-state index in [1.54, 1.807) is 0 Å².